The van der Waals surface area contributed by atoms with Crippen LogP contribution in [0.1, 0.15) is 64.4 Å². The molecule has 1 aromatic rings. The maximum Gasteiger partial charge on any atom is 0.224 e. The van der Waals surface area contributed by atoms with Crippen molar-refractivity contribution in [2.24, 2.45) is 17.8 Å². The lowest BCUT2D eigenvalue weighted by Crippen LogP contribution is -2.40. The minimum Gasteiger partial charge on any atom is -0.340 e. The van der Waals surface area contributed by atoms with Crippen molar-refractivity contribution in [1.29, 1.82) is 5.26 Å². The van der Waals surface area contributed by atoms with Gasteiger partial charge in [0.15, 0.2) is 0 Å². The normalized spacial score (nSPS) is 17.9. The summed E-state index contributed by atoms with van der Waals surface area (Å²) >= 11 is 12.1. The highest BCUT2D eigenvalue weighted by Crippen LogP contribution is 2.26. The van der Waals surface area contributed by atoms with Gasteiger partial charge >= 0.3 is 0 Å². The Morgan fingerprint density at radius 1 is 1.29 bits per heavy atom. The number of nitrogens with one attached hydrogen (secondary N) is 1. The van der Waals surface area contributed by atoms with E-state index in [0.29, 0.717) is 35.7 Å². The number of aryl methyl sites for hydroxylation is 1. The maximum atomic E-state index is 12.9. The Morgan fingerprint density at radius 2 is 2.03 bits per heavy atom. The van der Waals surface area contributed by atoms with E-state index in [0.717, 1.165) is 18.4 Å². The average molecular weight is 465 g/mol. The molecule has 1 aliphatic rings. The van der Waals surface area contributed by atoms with Gasteiger partial charge in [-0.2, -0.15) is 5.26 Å². The van der Waals surface area contributed by atoms with E-state index >= 15 is 0 Å². The number of hydrogen-bond acceptors (Lipinski definition) is 4. The third kappa shape index (κ3) is 8.27. The molecular formula is C24H30Cl2N2O3. The molecular weight excluding hydrogens is 435 g/mol. The minimum atomic E-state index is -0.711. The molecule has 1 N–H and O–H groups in total. The zero-order chi connectivity index (χ0) is 23.0. The molecule has 0 bridgehead atoms. The van der Waals surface area contributed by atoms with E-state index in [2.05, 4.69) is 11.4 Å². The summed E-state index contributed by atoms with van der Waals surface area (Å²) in [6.07, 6.45) is 3.95. The summed E-state index contributed by atoms with van der Waals surface area (Å²) in [6.45, 7) is 3.99. The first-order valence-electron chi connectivity index (χ1n) is 10.9. The molecule has 2 rings (SSSR count). The quantitative estimate of drug-likeness (QED) is 0.480. The number of halogens is 2. The number of benzene rings is 1. The Kier molecular flexibility index (Phi) is 9.99. The molecule has 0 spiro atoms. The van der Waals surface area contributed by atoms with Crippen molar-refractivity contribution in [3.63, 3.8) is 0 Å². The van der Waals surface area contributed by atoms with Crippen molar-refractivity contribution >= 4 is 40.7 Å². The predicted molar refractivity (Wildman–Crippen MR) is 122 cm³/mol. The summed E-state index contributed by atoms with van der Waals surface area (Å²) in [7, 11) is 0. The van der Waals surface area contributed by atoms with E-state index in [-0.39, 0.29) is 42.2 Å². The van der Waals surface area contributed by atoms with Crippen LogP contribution >= 0.6 is 23.2 Å². The number of nitriles is 1. The summed E-state index contributed by atoms with van der Waals surface area (Å²) < 4.78 is 0. The fraction of sp³-hybridized carbons (Fsp3) is 0.583. The minimum absolute atomic E-state index is 0.0219. The van der Waals surface area contributed by atoms with Crippen molar-refractivity contribution in [2.75, 3.05) is 0 Å². The molecule has 31 heavy (non-hydrogen) atoms. The van der Waals surface area contributed by atoms with Crippen molar-refractivity contribution in [3.8, 4) is 6.07 Å². The van der Waals surface area contributed by atoms with E-state index in [1.807, 2.05) is 13.8 Å². The van der Waals surface area contributed by atoms with Gasteiger partial charge in [-0.15, -0.1) is 0 Å². The van der Waals surface area contributed by atoms with E-state index in [9.17, 15) is 19.6 Å². The monoisotopic (exact) mass is 464 g/mol. The van der Waals surface area contributed by atoms with Crippen molar-refractivity contribution in [3.05, 3.63) is 33.8 Å². The second-order valence-corrected chi connectivity index (χ2v) is 9.63. The molecule has 1 aliphatic carbocycles. The zero-order valence-corrected chi connectivity index (χ0v) is 19.6. The first kappa shape index (κ1) is 25.4. The van der Waals surface area contributed by atoms with Gasteiger partial charge in [0.1, 0.15) is 17.6 Å². The van der Waals surface area contributed by atoms with Gasteiger partial charge in [0, 0.05) is 41.1 Å². The van der Waals surface area contributed by atoms with E-state index in [1.54, 1.807) is 18.2 Å². The molecule has 0 aromatic heterocycles. The average Bonchev–Trinajstić information content (AvgIpc) is 3.10. The standard InChI is InChI=1S/C24H30Cl2N2O3/c1-15(2)10-18(12-21(29)9-7-16-6-8-19(25)13-22(16)26)24(31)28-20(14-27)11-17-4-3-5-23(17)30/h6,8,13,15,17-18,20H,3-5,7,9-12H2,1-2H3,(H,28,31)/t17-,18+,20-/m0/s1. The first-order chi connectivity index (χ1) is 14.7. The van der Waals surface area contributed by atoms with Crippen LogP contribution < -0.4 is 5.32 Å². The molecule has 168 valence electrons. The number of Topliss-reactive ketones (excluding diaryl/α,β-unsaturated/α-hetero) is 2. The second-order valence-electron chi connectivity index (χ2n) is 8.79. The summed E-state index contributed by atoms with van der Waals surface area (Å²) in [4.78, 5) is 37.4. The third-order valence-corrected chi connectivity index (χ3v) is 6.30. The van der Waals surface area contributed by atoms with Gasteiger partial charge in [0.2, 0.25) is 5.91 Å². The van der Waals surface area contributed by atoms with E-state index < -0.39 is 12.0 Å². The van der Waals surface area contributed by atoms with Crippen LogP contribution in [0.2, 0.25) is 10.0 Å². The summed E-state index contributed by atoms with van der Waals surface area (Å²) in [5.74, 6) is -0.562. The molecule has 5 nitrogen and oxygen atoms in total. The van der Waals surface area contributed by atoms with Gasteiger partial charge in [-0.1, -0.05) is 43.1 Å². The number of carbonyl (C=O) groups excluding carboxylic acids is 3. The number of carbonyl (C=O) groups is 3. The lowest BCUT2D eigenvalue weighted by atomic mass is 9.89. The van der Waals surface area contributed by atoms with Gasteiger partial charge in [0.05, 0.1) is 6.07 Å². The van der Waals surface area contributed by atoms with Gasteiger partial charge in [0.25, 0.3) is 0 Å². The summed E-state index contributed by atoms with van der Waals surface area (Å²) in [5.41, 5.74) is 0.843. The van der Waals surface area contributed by atoms with Crippen LogP contribution in [-0.2, 0) is 20.8 Å². The molecule has 1 saturated carbocycles. The molecule has 1 aromatic carbocycles. The highest BCUT2D eigenvalue weighted by Gasteiger charge is 2.30. The molecule has 0 aliphatic heterocycles. The number of rotatable bonds is 11. The summed E-state index contributed by atoms with van der Waals surface area (Å²) in [5, 5.41) is 13.3. The number of ketones is 2. The molecule has 7 heteroatoms. The topological polar surface area (TPSA) is 87.0 Å². The molecule has 1 amide bonds. The van der Waals surface area contributed by atoms with Crippen LogP contribution in [-0.4, -0.2) is 23.5 Å². The zero-order valence-electron chi connectivity index (χ0n) is 18.1. The Morgan fingerprint density at radius 3 is 2.61 bits per heavy atom. The Bertz CT molecular complexity index is 848. The third-order valence-electron chi connectivity index (χ3n) is 5.71. The number of amides is 1. The lowest BCUT2D eigenvalue weighted by Gasteiger charge is -2.21. The lowest BCUT2D eigenvalue weighted by molar-refractivity contribution is -0.130. The largest absolute Gasteiger partial charge is 0.340 e. The van der Waals surface area contributed by atoms with Crippen LogP contribution in [0.5, 0.6) is 0 Å². The van der Waals surface area contributed by atoms with Crippen LogP contribution in [0.4, 0.5) is 0 Å². The van der Waals surface area contributed by atoms with E-state index in [1.165, 1.54) is 0 Å². The molecule has 0 unspecified atom stereocenters. The van der Waals surface area contributed by atoms with Gasteiger partial charge in [-0.3, -0.25) is 14.4 Å². The van der Waals surface area contributed by atoms with Gasteiger partial charge in [-0.05, 0) is 55.7 Å². The van der Waals surface area contributed by atoms with Crippen molar-refractivity contribution < 1.29 is 14.4 Å². The van der Waals surface area contributed by atoms with Crippen LogP contribution in [0.25, 0.3) is 0 Å². The smallest absolute Gasteiger partial charge is 0.224 e. The Labute approximate surface area is 194 Å². The Hall–Kier alpha value is -1.90. The van der Waals surface area contributed by atoms with Crippen molar-refractivity contribution in [1.82, 2.24) is 5.32 Å². The number of nitrogens with zero attached hydrogens (tertiary/aromatic N) is 1. The SMILES string of the molecule is CC(C)C[C@H](CC(=O)CCc1ccc(Cl)cc1Cl)C(=O)N[C@H](C#N)C[C@@H]1CCCC1=O. The molecule has 1 fully saturated rings. The molecule has 3 atom stereocenters. The van der Waals surface area contributed by atoms with Crippen molar-refractivity contribution in [2.45, 2.75) is 71.3 Å². The molecule has 0 radical (unpaired) electrons. The fourth-order valence-electron chi connectivity index (χ4n) is 4.08. The second kappa shape index (κ2) is 12.2. The first-order valence-corrected chi connectivity index (χ1v) is 11.6. The predicted octanol–water partition coefficient (Wildman–Crippen LogP) is 5.32. The Balaban J connectivity index is 1.94. The summed E-state index contributed by atoms with van der Waals surface area (Å²) in [6, 6.07) is 6.58. The highest BCUT2D eigenvalue weighted by molar-refractivity contribution is 6.35. The number of hydrogen-bond donors (Lipinski definition) is 1. The van der Waals surface area contributed by atoms with Gasteiger partial charge in [-0.25, -0.2) is 0 Å². The van der Waals surface area contributed by atoms with Crippen LogP contribution in [0.15, 0.2) is 18.2 Å². The maximum absolute atomic E-state index is 12.9. The highest BCUT2D eigenvalue weighted by atomic mass is 35.5. The molecule has 0 saturated heterocycles. The van der Waals surface area contributed by atoms with Crippen LogP contribution in [0.3, 0.4) is 0 Å². The molecule has 0 heterocycles. The fourth-order valence-corrected chi connectivity index (χ4v) is 4.59. The van der Waals surface area contributed by atoms with Crippen LogP contribution in [0, 0.1) is 29.1 Å². The van der Waals surface area contributed by atoms with Gasteiger partial charge < -0.3 is 5.32 Å². The van der Waals surface area contributed by atoms with E-state index in [4.69, 9.17) is 23.2 Å².